The molecule has 5 aromatic rings. The number of nitrogens with one attached hydrogen (secondary N) is 2. The molecule has 8 heterocycles. The molecule has 0 bridgehead atoms. The molecule has 16 nitrogen and oxygen atoms in total. The van der Waals surface area contributed by atoms with E-state index in [2.05, 4.69) is 25.9 Å². The van der Waals surface area contributed by atoms with Crippen LogP contribution in [0.25, 0.3) is 22.3 Å². The third-order valence-corrected chi connectivity index (χ3v) is 14.5. The quantitative estimate of drug-likeness (QED) is 0.0981. The smallest absolute Gasteiger partial charge is 0.264 e. The molecule has 378 valence electrons. The Morgan fingerprint density at radius 2 is 1.62 bits per heavy atom. The molecular weight excluding hydrogens is 928 g/mol. The topological polar surface area (TPSA) is 152 Å². The second-order valence-electron chi connectivity index (χ2n) is 19.1. The molecule has 2 unspecified atom stereocenters. The minimum atomic E-state index is -2.94. The number of piperidine rings is 1. The highest BCUT2D eigenvalue weighted by Gasteiger charge is 2.47. The molecule has 4 saturated heterocycles. The highest BCUT2D eigenvalue weighted by Crippen LogP contribution is 2.40. The first-order valence-electron chi connectivity index (χ1n) is 24.7. The fraction of sp³-hybridized carbons (Fsp3) is 0.520. The summed E-state index contributed by atoms with van der Waals surface area (Å²) in [7, 11) is 1.73. The molecule has 3 aromatic heterocycles. The molecule has 5 aliphatic rings. The van der Waals surface area contributed by atoms with Gasteiger partial charge < -0.3 is 30.0 Å². The predicted molar refractivity (Wildman–Crippen MR) is 254 cm³/mol. The number of hydrogen-bond donors (Lipinski definition) is 2. The lowest BCUT2D eigenvalue weighted by molar-refractivity contribution is -0.133. The van der Waals surface area contributed by atoms with Crippen LogP contribution in [0.1, 0.15) is 99.6 Å². The number of likely N-dealkylation sites (tertiary alicyclic amines) is 1. The van der Waals surface area contributed by atoms with Crippen LogP contribution >= 0.6 is 0 Å². The second kappa shape index (κ2) is 20.9. The van der Waals surface area contributed by atoms with E-state index in [-0.39, 0.29) is 71.2 Å². The molecule has 0 saturated carbocycles. The molecule has 0 aliphatic carbocycles. The number of nitrogens with zero attached hydrogens (tertiary/aromatic N) is 10. The van der Waals surface area contributed by atoms with Crippen molar-refractivity contribution < 1.29 is 41.0 Å². The third-order valence-electron chi connectivity index (χ3n) is 14.5. The summed E-state index contributed by atoms with van der Waals surface area (Å²) < 4.78 is 91.1. The first-order chi connectivity index (χ1) is 34.4. The minimum absolute atomic E-state index is 0.00457. The molecule has 0 radical (unpaired) electrons. The van der Waals surface area contributed by atoms with E-state index < -0.39 is 18.7 Å². The molecule has 4 fully saturated rings. The molecule has 2 amide bonds. The van der Waals surface area contributed by atoms with E-state index in [9.17, 15) is 27.2 Å². The van der Waals surface area contributed by atoms with Gasteiger partial charge in [0.15, 0.2) is 5.82 Å². The van der Waals surface area contributed by atoms with E-state index in [0.29, 0.717) is 119 Å². The predicted octanol–water partition coefficient (Wildman–Crippen LogP) is 8.28. The van der Waals surface area contributed by atoms with Gasteiger partial charge in [-0.2, -0.15) is 15.3 Å². The van der Waals surface area contributed by atoms with Crippen molar-refractivity contribution in [3.63, 3.8) is 0 Å². The van der Waals surface area contributed by atoms with Gasteiger partial charge in [0.2, 0.25) is 11.8 Å². The number of hydrazine groups is 1. The van der Waals surface area contributed by atoms with Crippen molar-refractivity contribution in [2.24, 2.45) is 18.0 Å². The van der Waals surface area contributed by atoms with Crippen LogP contribution in [-0.2, 0) is 45.6 Å². The highest BCUT2D eigenvalue weighted by atomic mass is 19.3. The summed E-state index contributed by atoms with van der Waals surface area (Å²) >= 11 is 0. The average molecular weight is 987 g/mol. The second-order valence-corrected chi connectivity index (χ2v) is 19.1. The van der Waals surface area contributed by atoms with Crippen LogP contribution in [-0.4, -0.2) is 120 Å². The number of amidine groups is 1. The van der Waals surface area contributed by atoms with Crippen molar-refractivity contribution >= 4 is 34.8 Å². The van der Waals surface area contributed by atoms with Crippen molar-refractivity contribution in [1.29, 1.82) is 0 Å². The summed E-state index contributed by atoms with van der Waals surface area (Å²) in [4.78, 5) is 35.2. The molecule has 5 aliphatic heterocycles. The first-order valence-corrected chi connectivity index (χ1v) is 24.7. The van der Waals surface area contributed by atoms with Crippen LogP contribution in [0.15, 0.2) is 60.1 Å². The Balaban J connectivity index is 0.811. The number of aliphatic imine (C=N–C) groups is 1. The maximum atomic E-state index is 16.1. The van der Waals surface area contributed by atoms with Gasteiger partial charge in [0, 0.05) is 124 Å². The number of ether oxygens (including phenoxy) is 2. The summed E-state index contributed by atoms with van der Waals surface area (Å²) in [5.74, 6) is -0.0587. The van der Waals surface area contributed by atoms with Crippen LogP contribution in [0.3, 0.4) is 0 Å². The molecule has 3 atom stereocenters. The number of fused-ring (bicyclic) bond motifs is 2. The number of hydrogen-bond acceptors (Lipinski definition) is 10. The van der Waals surface area contributed by atoms with Gasteiger partial charge in [0.25, 0.3) is 12.9 Å². The normalized spacial score (nSPS) is 21.4. The Labute approximate surface area is 408 Å². The van der Waals surface area contributed by atoms with Gasteiger partial charge in [-0.3, -0.25) is 23.6 Å². The monoisotopic (exact) mass is 986 g/mol. The van der Waals surface area contributed by atoms with Crippen molar-refractivity contribution in [2.75, 3.05) is 51.4 Å². The fourth-order valence-corrected chi connectivity index (χ4v) is 10.8. The zero-order valence-electron chi connectivity index (χ0n) is 39.9. The zero-order chi connectivity index (χ0) is 49.3. The Hall–Kier alpha value is -6.19. The standard InChI is InChI=1S/C50H59F5N12O4/c1-3-5-45(68)63-15-9-43-40(28-63)50(61-66(43)33-11-17-70-18-12-33)59-42-22-38(48(54)55)36(21-41(42)51)31-24-57-65(26-31)14-4-6-46(69)64-16-10-44-39(27-64)49(60-67(44)34-13-19-71-29-34)58-32-7-8-35(37(20-32)47(52)53)30-23-56-62(2)25-30/h7-8,20-26,33-34,39,44,47-48H,3-6,9-19,27-29H2,1-2H3,(H,58,60)(H,59,61)/t34?,39?,44-/m1/s1. The number of carbonyl (C=O) groups is 2. The van der Waals surface area contributed by atoms with E-state index in [0.717, 1.165) is 42.7 Å². The number of anilines is 2. The summed E-state index contributed by atoms with van der Waals surface area (Å²) in [5.41, 5.74) is 6.13. The number of rotatable bonds is 15. The summed E-state index contributed by atoms with van der Waals surface area (Å²) in [6, 6.07) is 7.15. The summed E-state index contributed by atoms with van der Waals surface area (Å²) in [6.07, 6.45) is 5.83. The maximum Gasteiger partial charge on any atom is 0.264 e. The van der Waals surface area contributed by atoms with E-state index in [4.69, 9.17) is 19.6 Å². The fourth-order valence-electron chi connectivity index (χ4n) is 10.8. The number of aromatic nitrogens is 6. The Morgan fingerprint density at radius 3 is 2.37 bits per heavy atom. The largest absolute Gasteiger partial charge is 0.381 e. The van der Waals surface area contributed by atoms with Gasteiger partial charge in [0.1, 0.15) is 11.7 Å². The van der Waals surface area contributed by atoms with E-state index >= 15 is 4.39 Å². The van der Waals surface area contributed by atoms with Crippen LogP contribution in [0.2, 0.25) is 0 Å². The van der Waals surface area contributed by atoms with Crippen molar-refractivity contribution in [3.05, 3.63) is 83.3 Å². The van der Waals surface area contributed by atoms with E-state index in [1.165, 1.54) is 12.3 Å². The van der Waals surface area contributed by atoms with Crippen molar-refractivity contribution in [2.45, 2.75) is 109 Å². The van der Waals surface area contributed by atoms with Crippen LogP contribution in [0.5, 0.6) is 0 Å². The van der Waals surface area contributed by atoms with Gasteiger partial charge in [-0.05, 0) is 73.9 Å². The number of amides is 2. The van der Waals surface area contributed by atoms with Gasteiger partial charge in [-0.15, -0.1) is 0 Å². The Bertz CT molecular complexity index is 2760. The van der Waals surface area contributed by atoms with Crippen molar-refractivity contribution in [1.82, 2.24) is 49.6 Å². The van der Waals surface area contributed by atoms with Crippen LogP contribution < -0.4 is 10.7 Å². The molecular formula is C50H59F5N12O4. The van der Waals surface area contributed by atoms with Crippen LogP contribution in [0, 0.1) is 11.7 Å². The van der Waals surface area contributed by atoms with E-state index in [1.807, 2.05) is 16.5 Å². The summed E-state index contributed by atoms with van der Waals surface area (Å²) in [5, 5.41) is 18.6. The molecule has 0 spiro atoms. The number of carbonyl (C=O) groups excluding carboxylic acids is 2. The number of benzene rings is 2. The zero-order valence-corrected chi connectivity index (χ0v) is 39.9. The SMILES string of the molecule is CCCC(=O)N1CCc2c(c(Nc3cc(C(F)F)c(-c4cnn(CCCC(=O)N5CC[C@@H]6C(C5)C(=Nc5ccc(-c7cnn(C)c7)c(C(F)F)c5)NN6C5CCOC5)c4)cc3F)nn2C2CCOCC2)C1. The summed E-state index contributed by atoms with van der Waals surface area (Å²) in [6.45, 7) is 6.32. The van der Waals surface area contributed by atoms with Gasteiger partial charge in [-0.25, -0.2) is 32.0 Å². The Morgan fingerprint density at radius 1 is 0.873 bits per heavy atom. The van der Waals surface area contributed by atoms with Gasteiger partial charge >= 0.3 is 0 Å². The minimum Gasteiger partial charge on any atom is -0.381 e. The third kappa shape index (κ3) is 10.2. The molecule has 71 heavy (non-hydrogen) atoms. The Kier molecular flexibility index (Phi) is 14.2. The number of aryl methyl sites for hydroxylation is 2. The first kappa shape index (κ1) is 48.4. The molecule has 2 N–H and O–H groups in total. The van der Waals surface area contributed by atoms with Gasteiger partial charge in [-0.1, -0.05) is 13.0 Å². The van der Waals surface area contributed by atoms with Crippen LogP contribution in [0.4, 0.5) is 39.1 Å². The maximum absolute atomic E-state index is 16.1. The van der Waals surface area contributed by atoms with Crippen molar-refractivity contribution in [3.8, 4) is 22.3 Å². The average Bonchev–Trinajstić information content (AvgIpc) is 4.24. The molecule has 21 heteroatoms. The highest BCUT2D eigenvalue weighted by molar-refractivity contribution is 5.90. The lowest BCUT2D eigenvalue weighted by Gasteiger charge is -2.38. The lowest BCUT2D eigenvalue weighted by Crippen LogP contribution is -2.52. The molecule has 10 rings (SSSR count). The lowest BCUT2D eigenvalue weighted by atomic mass is 9.91. The van der Waals surface area contributed by atoms with E-state index in [1.54, 1.807) is 52.0 Å². The van der Waals surface area contributed by atoms with Gasteiger partial charge in [0.05, 0.1) is 54.9 Å². The number of alkyl halides is 4. The molecule has 2 aromatic carbocycles. The number of halogens is 5.